The van der Waals surface area contributed by atoms with Gasteiger partial charge in [-0.05, 0) is 12.8 Å². The van der Waals surface area contributed by atoms with E-state index in [2.05, 4.69) is 0 Å². The van der Waals surface area contributed by atoms with Crippen molar-refractivity contribution in [1.29, 1.82) is 0 Å². The van der Waals surface area contributed by atoms with Gasteiger partial charge in [0.2, 0.25) is 6.41 Å². The van der Waals surface area contributed by atoms with E-state index in [1.54, 1.807) is 4.90 Å². The maximum absolute atomic E-state index is 10.2. The molecule has 0 radical (unpaired) electrons. The summed E-state index contributed by atoms with van der Waals surface area (Å²) >= 11 is 0.760. The summed E-state index contributed by atoms with van der Waals surface area (Å²) in [7, 11) is 0. The van der Waals surface area contributed by atoms with E-state index in [-0.39, 0.29) is 5.37 Å². The minimum absolute atomic E-state index is 0.0162. The summed E-state index contributed by atoms with van der Waals surface area (Å²) in [4.78, 5) is 11.8. The van der Waals surface area contributed by atoms with E-state index < -0.39 is 0 Å². The molecule has 0 aliphatic carbocycles. The lowest BCUT2D eigenvalue weighted by Gasteiger charge is -2.14. The van der Waals surface area contributed by atoms with E-state index in [1.807, 2.05) is 0 Å². The van der Waals surface area contributed by atoms with Crippen molar-refractivity contribution in [2.24, 2.45) is 0 Å². The summed E-state index contributed by atoms with van der Waals surface area (Å²) in [5.41, 5.74) is 0. The fourth-order valence-electron chi connectivity index (χ4n) is 0.992. The zero-order valence-electron chi connectivity index (χ0n) is 4.99. The van der Waals surface area contributed by atoms with E-state index in [4.69, 9.17) is 4.55 Å². The van der Waals surface area contributed by atoms with E-state index in [1.165, 1.54) is 0 Å². The minimum atomic E-state index is 0.0162. The second-order valence-corrected chi connectivity index (χ2v) is 2.80. The van der Waals surface area contributed by atoms with Gasteiger partial charge in [-0.15, -0.1) is 0 Å². The summed E-state index contributed by atoms with van der Waals surface area (Å²) < 4.78 is 8.58. The lowest BCUT2D eigenvalue weighted by Crippen LogP contribution is -2.24. The first-order valence-corrected chi connectivity index (χ1v) is 3.73. The van der Waals surface area contributed by atoms with Gasteiger partial charge in [-0.2, -0.15) is 0 Å². The molecule has 52 valence electrons. The molecular formula is C5H9NO2S. The Labute approximate surface area is 58.2 Å². The molecule has 1 fully saturated rings. The van der Waals surface area contributed by atoms with E-state index in [0.717, 1.165) is 37.8 Å². The first-order chi connectivity index (χ1) is 4.38. The predicted octanol–water partition coefficient (Wildman–Crippen LogP) is 0.771. The number of rotatable bonds is 2. The first kappa shape index (κ1) is 6.89. The van der Waals surface area contributed by atoms with Gasteiger partial charge in [0.15, 0.2) is 0 Å². The summed E-state index contributed by atoms with van der Waals surface area (Å²) in [5, 5.41) is 0.0162. The van der Waals surface area contributed by atoms with Crippen LogP contribution in [0.1, 0.15) is 12.8 Å². The maximum atomic E-state index is 10.2. The normalized spacial score (nSPS) is 26.8. The summed E-state index contributed by atoms with van der Waals surface area (Å²) in [6.45, 7) is 0.793. The van der Waals surface area contributed by atoms with Crippen LogP contribution in [0.15, 0.2) is 0 Å². The van der Waals surface area contributed by atoms with Gasteiger partial charge in [-0.3, -0.25) is 4.79 Å². The molecule has 1 amide bonds. The van der Waals surface area contributed by atoms with Gasteiger partial charge < -0.3 is 9.45 Å². The van der Waals surface area contributed by atoms with E-state index >= 15 is 0 Å². The molecule has 0 spiro atoms. The smallest absolute Gasteiger partial charge is 0.210 e. The molecule has 0 bridgehead atoms. The van der Waals surface area contributed by atoms with Crippen molar-refractivity contribution in [3.63, 3.8) is 0 Å². The standard InChI is InChI=1S/C5H9NO2S/c7-4-6-3-1-2-5(6)9-8/h4-5,8H,1-3H2. The Bertz CT molecular complexity index is 109. The van der Waals surface area contributed by atoms with Crippen LogP contribution in [0.5, 0.6) is 0 Å². The van der Waals surface area contributed by atoms with Crippen molar-refractivity contribution in [2.75, 3.05) is 6.54 Å². The number of hydrogen-bond donors (Lipinski definition) is 1. The highest BCUT2D eigenvalue weighted by molar-refractivity contribution is 7.94. The van der Waals surface area contributed by atoms with Gasteiger partial charge in [0.05, 0.1) is 0 Å². The number of carbonyl (C=O) groups is 1. The molecule has 1 saturated heterocycles. The highest BCUT2D eigenvalue weighted by Gasteiger charge is 2.22. The van der Waals surface area contributed by atoms with Crippen LogP contribution >= 0.6 is 12.0 Å². The molecule has 1 aliphatic heterocycles. The Kier molecular flexibility index (Phi) is 2.36. The van der Waals surface area contributed by atoms with Crippen molar-refractivity contribution < 1.29 is 9.35 Å². The Morgan fingerprint density at radius 3 is 3.00 bits per heavy atom. The number of hydrogen-bond acceptors (Lipinski definition) is 3. The van der Waals surface area contributed by atoms with E-state index in [9.17, 15) is 4.79 Å². The molecule has 1 aliphatic rings. The average Bonchev–Trinajstić information content (AvgIpc) is 2.33. The summed E-state index contributed by atoms with van der Waals surface area (Å²) in [6.07, 6.45) is 2.72. The van der Waals surface area contributed by atoms with Crippen LogP contribution in [0, 0.1) is 0 Å². The Morgan fingerprint density at radius 1 is 1.78 bits per heavy atom. The molecule has 3 nitrogen and oxygen atoms in total. The highest BCUT2D eigenvalue weighted by Crippen LogP contribution is 2.22. The third-order valence-corrected chi connectivity index (χ3v) is 2.24. The first-order valence-electron chi connectivity index (χ1n) is 2.89. The topological polar surface area (TPSA) is 40.5 Å². The van der Waals surface area contributed by atoms with Crippen LogP contribution in [-0.4, -0.2) is 27.8 Å². The van der Waals surface area contributed by atoms with Gasteiger partial charge in [-0.1, -0.05) is 0 Å². The van der Waals surface area contributed by atoms with Crippen molar-refractivity contribution in [2.45, 2.75) is 18.2 Å². The second-order valence-electron chi connectivity index (χ2n) is 2.05. The molecule has 0 saturated carbocycles. The van der Waals surface area contributed by atoms with Crippen molar-refractivity contribution in [1.82, 2.24) is 4.90 Å². The van der Waals surface area contributed by atoms with E-state index in [0.29, 0.717) is 0 Å². The Morgan fingerprint density at radius 2 is 2.56 bits per heavy atom. The molecule has 0 aromatic carbocycles. The van der Waals surface area contributed by atoms with Gasteiger partial charge in [0.25, 0.3) is 0 Å². The molecule has 1 atom stereocenters. The Hall–Kier alpha value is -0.220. The van der Waals surface area contributed by atoms with Crippen LogP contribution in [0.25, 0.3) is 0 Å². The molecule has 4 heteroatoms. The third-order valence-electron chi connectivity index (χ3n) is 1.49. The summed E-state index contributed by atoms with van der Waals surface area (Å²) in [6, 6.07) is 0. The van der Waals surface area contributed by atoms with Crippen LogP contribution < -0.4 is 0 Å². The van der Waals surface area contributed by atoms with Gasteiger partial charge in [0.1, 0.15) is 5.37 Å². The van der Waals surface area contributed by atoms with Gasteiger partial charge >= 0.3 is 0 Å². The fourth-order valence-corrected chi connectivity index (χ4v) is 1.54. The lowest BCUT2D eigenvalue weighted by molar-refractivity contribution is -0.117. The lowest BCUT2D eigenvalue weighted by atomic mass is 10.4. The zero-order valence-corrected chi connectivity index (χ0v) is 5.80. The van der Waals surface area contributed by atoms with Crippen molar-refractivity contribution in [3.8, 4) is 0 Å². The fraction of sp³-hybridized carbons (Fsp3) is 0.800. The van der Waals surface area contributed by atoms with Crippen LogP contribution in [0.3, 0.4) is 0 Å². The minimum Gasteiger partial charge on any atom is -0.331 e. The highest BCUT2D eigenvalue weighted by atomic mass is 32.2. The SMILES string of the molecule is O=CN1CCCC1SO. The number of carbonyl (C=O) groups excluding carboxylic acids is 1. The number of amides is 1. The largest absolute Gasteiger partial charge is 0.331 e. The molecule has 9 heavy (non-hydrogen) atoms. The number of nitrogens with zero attached hydrogens (tertiary/aromatic N) is 1. The van der Waals surface area contributed by atoms with Crippen LogP contribution in [0.2, 0.25) is 0 Å². The molecule has 0 aromatic heterocycles. The molecule has 1 rings (SSSR count). The molecule has 0 aromatic rings. The summed E-state index contributed by atoms with van der Waals surface area (Å²) in [5.74, 6) is 0. The molecule has 1 N–H and O–H groups in total. The van der Waals surface area contributed by atoms with Gasteiger partial charge in [0, 0.05) is 18.6 Å². The monoisotopic (exact) mass is 147 g/mol. The molecular weight excluding hydrogens is 138 g/mol. The van der Waals surface area contributed by atoms with Crippen molar-refractivity contribution >= 4 is 18.5 Å². The third kappa shape index (κ3) is 1.37. The molecule has 1 unspecified atom stereocenters. The zero-order chi connectivity index (χ0) is 6.69. The number of likely N-dealkylation sites (tertiary alicyclic amines) is 1. The quantitative estimate of drug-likeness (QED) is 0.463. The average molecular weight is 147 g/mol. The predicted molar refractivity (Wildman–Crippen MR) is 36.0 cm³/mol. The van der Waals surface area contributed by atoms with Crippen LogP contribution in [-0.2, 0) is 4.79 Å². The van der Waals surface area contributed by atoms with Gasteiger partial charge in [-0.25, -0.2) is 0 Å². The maximum Gasteiger partial charge on any atom is 0.210 e. The van der Waals surface area contributed by atoms with Crippen LogP contribution in [0.4, 0.5) is 0 Å². The second kappa shape index (κ2) is 3.08. The molecule has 1 heterocycles. The van der Waals surface area contributed by atoms with Crippen molar-refractivity contribution in [3.05, 3.63) is 0 Å². The Balaban J connectivity index is 2.41.